The summed E-state index contributed by atoms with van der Waals surface area (Å²) in [6.45, 7) is 16.1. The fourth-order valence-corrected chi connectivity index (χ4v) is 6.15. The monoisotopic (exact) mass is 566 g/mol. The highest BCUT2D eigenvalue weighted by molar-refractivity contribution is 5.92. The summed E-state index contributed by atoms with van der Waals surface area (Å²) in [4.78, 5) is 19.5. The summed E-state index contributed by atoms with van der Waals surface area (Å²) < 4.78 is 48.4. The van der Waals surface area contributed by atoms with Gasteiger partial charge in [-0.25, -0.2) is 14.3 Å². The first-order chi connectivity index (χ1) is 19.1. The van der Waals surface area contributed by atoms with Crippen LogP contribution in [0.25, 0.3) is 16.7 Å². The van der Waals surface area contributed by atoms with Gasteiger partial charge in [-0.1, -0.05) is 17.7 Å². The topological polar surface area (TPSA) is 44.1 Å². The van der Waals surface area contributed by atoms with Gasteiger partial charge in [-0.2, -0.15) is 13.2 Å². The number of quaternary nitrogens is 1. The van der Waals surface area contributed by atoms with Crippen molar-refractivity contribution in [2.75, 3.05) is 7.11 Å². The number of aromatic nitrogens is 2. The summed E-state index contributed by atoms with van der Waals surface area (Å²) in [5, 5.41) is 0. The quantitative estimate of drug-likeness (QED) is 0.212. The zero-order valence-corrected chi connectivity index (χ0v) is 25.3. The molecule has 0 aliphatic heterocycles. The highest BCUT2D eigenvalue weighted by atomic mass is 19.4. The van der Waals surface area contributed by atoms with E-state index in [-0.39, 0.29) is 34.5 Å². The second kappa shape index (κ2) is 11.0. The molecule has 218 valence electrons. The van der Waals surface area contributed by atoms with Crippen LogP contribution < -0.4 is 4.74 Å². The summed E-state index contributed by atoms with van der Waals surface area (Å²) >= 11 is 0. The molecule has 0 saturated carbocycles. The number of methoxy groups -OCH3 is 1. The number of carbonyl (C=O) groups excluding carboxylic acids is 1. The summed E-state index contributed by atoms with van der Waals surface area (Å²) in [6.07, 6.45) is -4.50. The van der Waals surface area contributed by atoms with Crippen LogP contribution in [0.15, 0.2) is 48.5 Å². The minimum Gasteiger partial charge on any atom is -0.497 e. The number of ether oxygens (including phenoxy) is 1. The zero-order chi connectivity index (χ0) is 30.4. The molecule has 5 nitrogen and oxygen atoms in total. The Morgan fingerprint density at radius 3 is 2.02 bits per heavy atom. The lowest BCUT2D eigenvalue weighted by atomic mass is 9.95. The minimum atomic E-state index is -4.50. The molecule has 4 aromatic rings. The fourth-order valence-electron chi connectivity index (χ4n) is 6.15. The molecule has 0 atom stereocenters. The maximum absolute atomic E-state index is 14.7. The molecule has 0 radical (unpaired) electrons. The van der Waals surface area contributed by atoms with E-state index in [1.54, 1.807) is 7.11 Å². The Bertz CT molecular complexity index is 1590. The number of fused-ring (bicyclic) bond motifs is 1. The molecule has 3 aromatic carbocycles. The van der Waals surface area contributed by atoms with E-state index >= 15 is 0 Å². The van der Waals surface area contributed by atoms with Gasteiger partial charge in [0.15, 0.2) is 5.82 Å². The fraction of sp³-hybridized carbons (Fsp3) is 0.394. The Hall–Kier alpha value is -3.65. The van der Waals surface area contributed by atoms with Crippen molar-refractivity contribution >= 4 is 16.9 Å². The molecule has 0 unspecified atom stereocenters. The lowest BCUT2D eigenvalue weighted by Crippen LogP contribution is -2.61. The Morgan fingerprint density at radius 1 is 0.902 bits per heavy atom. The van der Waals surface area contributed by atoms with Crippen LogP contribution in [0.3, 0.4) is 0 Å². The van der Waals surface area contributed by atoms with Crippen molar-refractivity contribution in [1.82, 2.24) is 9.55 Å². The first-order valence-corrected chi connectivity index (χ1v) is 13.9. The van der Waals surface area contributed by atoms with Crippen molar-refractivity contribution < 1.29 is 27.2 Å². The SMILES string of the molecule is COc1ccc(-n2c(C[N+](C(=O)c3c(C)cc(C)cc3C)(C(C)C)C(C)C)nc3cc(C(F)(F)F)ccc32)c(C)c1. The summed E-state index contributed by atoms with van der Waals surface area (Å²) in [5.74, 6) is 1.17. The maximum Gasteiger partial charge on any atom is 0.416 e. The van der Waals surface area contributed by atoms with E-state index in [0.717, 1.165) is 40.1 Å². The van der Waals surface area contributed by atoms with Crippen molar-refractivity contribution in [1.29, 1.82) is 0 Å². The number of hydrogen-bond acceptors (Lipinski definition) is 3. The van der Waals surface area contributed by atoms with Gasteiger partial charge in [-0.15, -0.1) is 0 Å². The third kappa shape index (κ3) is 5.37. The molecule has 8 heteroatoms. The average Bonchev–Trinajstić information content (AvgIpc) is 3.22. The molecule has 0 aliphatic carbocycles. The first kappa shape index (κ1) is 30.3. The van der Waals surface area contributed by atoms with Crippen LogP contribution in [0.5, 0.6) is 5.75 Å². The van der Waals surface area contributed by atoms with E-state index in [1.165, 1.54) is 6.07 Å². The predicted octanol–water partition coefficient (Wildman–Crippen LogP) is 8.26. The van der Waals surface area contributed by atoms with Crippen molar-refractivity contribution in [2.45, 2.75) is 80.2 Å². The molecule has 0 aliphatic rings. The van der Waals surface area contributed by atoms with Gasteiger partial charge in [0.2, 0.25) is 0 Å². The van der Waals surface area contributed by atoms with Gasteiger partial charge >= 0.3 is 12.1 Å². The number of carbonyl (C=O) groups is 1. The van der Waals surface area contributed by atoms with Crippen LogP contribution in [0.1, 0.15) is 71.7 Å². The van der Waals surface area contributed by atoms with Gasteiger partial charge < -0.3 is 4.74 Å². The van der Waals surface area contributed by atoms with Crippen LogP contribution >= 0.6 is 0 Å². The molecule has 0 N–H and O–H groups in total. The lowest BCUT2D eigenvalue weighted by molar-refractivity contribution is -0.904. The van der Waals surface area contributed by atoms with Crippen LogP contribution in [0, 0.1) is 27.7 Å². The van der Waals surface area contributed by atoms with E-state index in [1.807, 2.05) is 90.3 Å². The summed E-state index contributed by atoms with van der Waals surface area (Å²) in [7, 11) is 1.59. The van der Waals surface area contributed by atoms with Gasteiger partial charge in [0.05, 0.1) is 47.0 Å². The Morgan fingerprint density at radius 2 is 1.51 bits per heavy atom. The van der Waals surface area contributed by atoms with Crippen LogP contribution in [0.2, 0.25) is 0 Å². The van der Waals surface area contributed by atoms with E-state index < -0.39 is 11.7 Å². The van der Waals surface area contributed by atoms with Gasteiger partial charge in [0, 0.05) is 0 Å². The van der Waals surface area contributed by atoms with Crippen LogP contribution in [-0.4, -0.2) is 39.1 Å². The van der Waals surface area contributed by atoms with Gasteiger partial charge in [0.1, 0.15) is 12.3 Å². The molecular weight excluding hydrogens is 527 g/mol. The normalized spacial score (nSPS) is 12.5. The smallest absolute Gasteiger partial charge is 0.416 e. The molecule has 1 heterocycles. The molecule has 41 heavy (non-hydrogen) atoms. The second-order valence-electron chi connectivity index (χ2n) is 11.6. The van der Waals surface area contributed by atoms with E-state index in [0.29, 0.717) is 22.7 Å². The van der Waals surface area contributed by atoms with Crippen molar-refractivity contribution in [3.8, 4) is 11.4 Å². The number of benzene rings is 3. The zero-order valence-electron chi connectivity index (χ0n) is 25.3. The third-order valence-corrected chi connectivity index (χ3v) is 8.21. The lowest BCUT2D eigenvalue weighted by Gasteiger charge is -2.43. The molecule has 0 fully saturated rings. The van der Waals surface area contributed by atoms with Crippen molar-refractivity contribution in [3.05, 3.63) is 87.7 Å². The number of alkyl halides is 3. The second-order valence-corrected chi connectivity index (χ2v) is 11.6. The predicted molar refractivity (Wildman–Crippen MR) is 157 cm³/mol. The van der Waals surface area contributed by atoms with Gasteiger partial charge in [0.25, 0.3) is 0 Å². The van der Waals surface area contributed by atoms with Gasteiger partial charge in [-0.3, -0.25) is 4.57 Å². The molecule has 1 aromatic heterocycles. The van der Waals surface area contributed by atoms with Gasteiger partial charge in [-0.05, 0) is 108 Å². The number of rotatable bonds is 7. The molecule has 0 spiro atoms. The number of halogens is 3. The number of aryl methyl sites for hydroxylation is 4. The first-order valence-electron chi connectivity index (χ1n) is 13.9. The number of hydrogen-bond donors (Lipinski definition) is 0. The third-order valence-electron chi connectivity index (χ3n) is 8.21. The van der Waals surface area contributed by atoms with E-state index in [4.69, 9.17) is 9.72 Å². The van der Waals surface area contributed by atoms with E-state index in [2.05, 4.69) is 0 Å². The Labute approximate surface area is 240 Å². The molecule has 0 bridgehead atoms. The molecular formula is C33H39F3N3O2+. The standard InChI is InChI=1S/C33H39F3N3O2/c1-19(2)39(20(3)4,32(40)31-23(7)14-21(5)15-24(31)8)18-30-37-27-17-25(33(34,35)36)10-12-29(27)38(30)28-13-11-26(41-9)16-22(28)6/h10-17,19-20H,18H2,1-9H3/q+1. The summed E-state index contributed by atoms with van der Waals surface area (Å²) in [6, 6.07) is 13.0. The minimum absolute atomic E-state index is 0.0222. The highest BCUT2D eigenvalue weighted by Gasteiger charge is 2.46. The average molecular weight is 567 g/mol. The number of imidazole rings is 1. The van der Waals surface area contributed by atoms with Crippen LogP contribution in [0.4, 0.5) is 13.2 Å². The Kier molecular flexibility index (Phi) is 8.11. The molecule has 1 amide bonds. The Balaban J connectivity index is 2.02. The number of nitrogens with zero attached hydrogens (tertiary/aromatic N) is 3. The van der Waals surface area contributed by atoms with Crippen molar-refractivity contribution in [2.24, 2.45) is 0 Å². The number of amides is 1. The van der Waals surface area contributed by atoms with Crippen LogP contribution in [-0.2, 0) is 12.7 Å². The summed E-state index contributed by atoms with van der Waals surface area (Å²) in [5.41, 5.74) is 5.23. The maximum atomic E-state index is 14.7. The molecule has 4 rings (SSSR count). The largest absolute Gasteiger partial charge is 0.497 e. The molecule has 0 saturated heterocycles. The van der Waals surface area contributed by atoms with Crippen molar-refractivity contribution in [3.63, 3.8) is 0 Å². The highest BCUT2D eigenvalue weighted by Crippen LogP contribution is 2.36. The van der Waals surface area contributed by atoms with E-state index in [9.17, 15) is 18.0 Å².